The predicted molar refractivity (Wildman–Crippen MR) is 102 cm³/mol. The molecule has 0 saturated heterocycles. The van der Waals surface area contributed by atoms with Crippen LogP contribution in [0.2, 0.25) is 0 Å². The zero-order valence-corrected chi connectivity index (χ0v) is 16.0. The largest absolute Gasteiger partial charge is 0.346 e. The molecule has 4 unspecified atom stereocenters. The molecular formula is C22H38N2. The first-order chi connectivity index (χ1) is 11.7. The molecule has 2 aliphatic carbocycles. The van der Waals surface area contributed by atoms with Gasteiger partial charge in [-0.3, -0.25) is 0 Å². The topological polar surface area (TPSA) is 28.7 Å². The lowest BCUT2D eigenvalue weighted by molar-refractivity contribution is 0.188. The fraction of sp³-hybridized carbons (Fsp3) is 0.864. The fourth-order valence-corrected chi connectivity index (χ4v) is 5.33. The van der Waals surface area contributed by atoms with E-state index in [1.165, 1.54) is 95.0 Å². The Morgan fingerprint density at radius 3 is 2.33 bits per heavy atom. The number of aromatic nitrogens is 2. The molecule has 3 rings (SSSR count). The number of nitrogens with zero attached hydrogens (tertiary/aromatic N) is 1. The van der Waals surface area contributed by atoms with Gasteiger partial charge in [0, 0.05) is 17.8 Å². The molecule has 2 nitrogen and oxygen atoms in total. The number of nitrogens with one attached hydrogen (secondary N) is 1. The van der Waals surface area contributed by atoms with E-state index < -0.39 is 0 Å². The number of hydrogen-bond donors (Lipinski definition) is 1. The maximum atomic E-state index is 4.78. The van der Waals surface area contributed by atoms with Gasteiger partial charge in [-0.2, -0.15) is 0 Å². The highest BCUT2D eigenvalue weighted by atomic mass is 14.9. The second-order valence-electron chi connectivity index (χ2n) is 8.79. The summed E-state index contributed by atoms with van der Waals surface area (Å²) in [5.41, 5.74) is 1.23. The summed E-state index contributed by atoms with van der Waals surface area (Å²) in [6, 6.07) is 0. The van der Waals surface area contributed by atoms with Crippen molar-refractivity contribution in [3.63, 3.8) is 0 Å². The molecule has 4 atom stereocenters. The van der Waals surface area contributed by atoms with Crippen LogP contribution in [0.15, 0.2) is 6.20 Å². The molecule has 2 heteroatoms. The molecule has 1 heterocycles. The van der Waals surface area contributed by atoms with Crippen LogP contribution in [0.3, 0.4) is 0 Å². The number of hydrogen-bond acceptors (Lipinski definition) is 1. The molecule has 1 N–H and O–H groups in total. The van der Waals surface area contributed by atoms with Crippen molar-refractivity contribution in [2.75, 3.05) is 0 Å². The third kappa shape index (κ3) is 4.86. The third-order valence-corrected chi connectivity index (χ3v) is 6.80. The first-order valence-corrected chi connectivity index (χ1v) is 10.8. The lowest BCUT2D eigenvalue weighted by Crippen LogP contribution is -2.25. The molecule has 0 amide bonds. The zero-order valence-electron chi connectivity index (χ0n) is 16.0. The molecule has 2 aliphatic rings. The number of imidazole rings is 1. The third-order valence-electron chi connectivity index (χ3n) is 6.80. The summed E-state index contributed by atoms with van der Waals surface area (Å²) in [5, 5.41) is 0. The quantitative estimate of drug-likeness (QED) is 0.605. The van der Waals surface area contributed by atoms with E-state index in [1.807, 2.05) is 6.20 Å². The molecule has 0 bridgehead atoms. The van der Waals surface area contributed by atoms with Crippen LogP contribution in [-0.4, -0.2) is 9.97 Å². The second-order valence-corrected chi connectivity index (χ2v) is 8.79. The van der Waals surface area contributed by atoms with Crippen molar-refractivity contribution in [1.29, 1.82) is 0 Å². The minimum Gasteiger partial charge on any atom is -0.346 e. The molecule has 1 aromatic heterocycles. The van der Waals surface area contributed by atoms with Crippen LogP contribution in [-0.2, 0) is 0 Å². The summed E-state index contributed by atoms with van der Waals surface area (Å²) in [4.78, 5) is 8.38. The van der Waals surface area contributed by atoms with E-state index in [2.05, 4.69) is 18.8 Å². The average Bonchev–Trinajstić information content (AvgIpc) is 2.96. The highest BCUT2D eigenvalue weighted by Gasteiger charge is 2.33. The van der Waals surface area contributed by atoms with Crippen LogP contribution in [0.4, 0.5) is 0 Å². The Morgan fingerprint density at radius 2 is 1.54 bits per heavy atom. The van der Waals surface area contributed by atoms with Crippen molar-refractivity contribution in [1.82, 2.24) is 9.97 Å². The van der Waals surface area contributed by atoms with Crippen molar-refractivity contribution >= 4 is 0 Å². The minimum absolute atomic E-state index is 0.681. The van der Waals surface area contributed by atoms with E-state index in [0.29, 0.717) is 5.92 Å². The summed E-state index contributed by atoms with van der Waals surface area (Å²) >= 11 is 0. The van der Waals surface area contributed by atoms with Crippen LogP contribution in [0.5, 0.6) is 0 Å². The van der Waals surface area contributed by atoms with Gasteiger partial charge in [0.1, 0.15) is 5.82 Å². The average molecular weight is 331 g/mol. The van der Waals surface area contributed by atoms with E-state index in [1.54, 1.807) is 0 Å². The predicted octanol–water partition coefficient (Wildman–Crippen LogP) is 6.77. The minimum atomic E-state index is 0.681. The Kier molecular flexibility index (Phi) is 6.80. The molecule has 2 saturated carbocycles. The number of aryl methyl sites for hydroxylation is 1. The van der Waals surface area contributed by atoms with Gasteiger partial charge >= 0.3 is 0 Å². The standard InChI is InChI=1S/C22H38N2/c1-17-10-6-3-4-8-12-20-19(15-14-17)11-7-5-9-13-21(20)22-23-16-18(2)24-22/h16-17,19-21H,3-15H2,1-2H3,(H,23,24). The van der Waals surface area contributed by atoms with Gasteiger partial charge in [-0.15, -0.1) is 0 Å². The number of aromatic amines is 1. The number of rotatable bonds is 1. The molecule has 0 spiro atoms. The van der Waals surface area contributed by atoms with E-state index >= 15 is 0 Å². The maximum Gasteiger partial charge on any atom is 0.109 e. The van der Waals surface area contributed by atoms with Gasteiger partial charge in [0.2, 0.25) is 0 Å². The lowest BCUT2D eigenvalue weighted by Gasteiger charge is -2.35. The van der Waals surface area contributed by atoms with E-state index in [4.69, 9.17) is 4.98 Å². The van der Waals surface area contributed by atoms with Crippen molar-refractivity contribution in [2.45, 2.75) is 103 Å². The Labute approximate surface area is 149 Å². The van der Waals surface area contributed by atoms with Gasteiger partial charge in [0.25, 0.3) is 0 Å². The first-order valence-electron chi connectivity index (χ1n) is 10.8. The van der Waals surface area contributed by atoms with Gasteiger partial charge in [-0.1, -0.05) is 71.1 Å². The molecule has 0 aromatic carbocycles. The Bertz CT molecular complexity index is 478. The van der Waals surface area contributed by atoms with Crippen LogP contribution in [0, 0.1) is 24.7 Å². The smallest absolute Gasteiger partial charge is 0.109 e. The van der Waals surface area contributed by atoms with Gasteiger partial charge in [0.15, 0.2) is 0 Å². The molecular weight excluding hydrogens is 292 g/mol. The molecule has 24 heavy (non-hydrogen) atoms. The summed E-state index contributed by atoms with van der Waals surface area (Å²) in [6.45, 7) is 4.64. The van der Waals surface area contributed by atoms with E-state index in [9.17, 15) is 0 Å². The van der Waals surface area contributed by atoms with Gasteiger partial charge in [-0.05, 0) is 43.9 Å². The van der Waals surface area contributed by atoms with Crippen LogP contribution in [0.1, 0.15) is 108 Å². The molecule has 136 valence electrons. The highest BCUT2D eigenvalue weighted by Crippen LogP contribution is 2.43. The summed E-state index contributed by atoms with van der Waals surface area (Å²) < 4.78 is 0. The van der Waals surface area contributed by atoms with Crippen molar-refractivity contribution < 1.29 is 0 Å². The first kappa shape index (κ1) is 18.0. The van der Waals surface area contributed by atoms with E-state index in [0.717, 1.165) is 17.8 Å². The molecule has 1 aromatic rings. The Morgan fingerprint density at radius 1 is 0.833 bits per heavy atom. The van der Waals surface area contributed by atoms with E-state index in [-0.39, 0.29) is 0 Å². The normalized spacial score (nSPS) is 33.8. The molecule has 2 fully saturated rings. The maximum absolute atomic E-state index is 4.78. The van der Waals surface area contributed by atoms with Crippen LogP contribution < -0.4 is 0 Å². The lowest BCUT2D eigenvalue weighted by atomic mass is 9.70. The number of H-pyrrole nitrogens is 1. The molecule has 0 aliphatic heterocycles. The van der Waals surface area contributed by atoms with Gasteiger partial charge in [0.05, 0.1) is 0 Å². The fourth-order valence-electron chi connectivity index (χ4n) is 5.33. The van der Waals surface area contributed by atoms with Crippen molar-refractivity contribution in [2.24, 2.45) is 17.8 Å². The Hall–Kier alpha value is -0.790. The zero-order chi connectivity index (χ0) is 16.8. The Balaban J connectivity index is 1.80. The van der Waals surface area contributed by atoms with Gasteiger partial charge < -0.3 is 4.98 Å². The number of fused-ring (bicyclic) bond motifs is 1. The van der Waals surface area contributed by atoms with Crippen LogP contribution in [0.25, 0.3) is 0 Å². The summed E-state index contributed by atoms with van der Waals surface area (Å²) in [7, 11) is 0. The van der Waals surface area contributed by atoms with Crippen LogP contribution >= 0.6 is 0 Å². The van der Waals surface area contributed by atoms with Gasteiger partial charge in [-0.25, -0.2) is 4.98 Å². The summed E-state index contributed by atoms with van der Waals surface area (Å²) in [6.07, 6.45) is 20.7. The monoisotopic (exact) mass is 330 g/mol. The molecule has 0 radical (unpaired) electrons. The second kappa shape index (κ2) is 9.06. The van der Waals surface area contributed by atoms with Crippen molar-refractivity contribution in [3.05, 3.63) is 17.7 Å². The van der Waals surface area contributed by atoms with Crippen molar-refractivity contribution in [3.8, 4) is 0 Å². The highest BCUT2D eigenvalue weighted by molar-refractivity contribution is 5.06. The SMILES string of the molecule is Cc1cnc(C2CCCCCC3CCC(C)CCCCCCC32)[nH]1. The summed E-state index contributed by atoms with van der Waals surface area (Å²) in [5.74, 6) is 4.70.